The van der Waals surface area contributed by atoms with Crippen LogP contribution in [0.1, 0.15) is 34.9 Å². The second-order valence-corrected chi connectivity index (χ2v) is 9.89. The van der Waals surface area contributed by atoms with Gasteiger partial charge in [-0.15, -0.1) is 0 Å². The van der Waals surface area contributed by atoms with E-state index in [1.54, 1.807) is 7.11 Å². The quantitative estimate of drug-likeness (QED) is 0.434. The Morgan fingerprint density at radius 1 is 1.09 bits per heavy atom. The molecule has 2 aliphatic carbocycles. The predicted molar refractivity (Wildman–Crippen MR) is 123 cm³/mol. The van der Waals surface area contributed by atoms with Crippen molar-refractivity contribution in [3.05, 3.63) is 70.9 Å². The highest BCUT2D eigenvalue weighted by Gasteiger charge is 2.71. The number of hydrogen-bond acceptors (Lipinski definition) is 4. The first-order chi connectivity index (χ1) is 15.7. The molecule has 32 heavy (non-hydrogen) atoms. The summed E-state index contributed by atoms with van der Waals surface area (Å²) < 4.78 is 12.5. The van der Waals surface area contributed by atoms with Gasteiger partial charge in [0.25, 0.3) is 0 Å². The number of ether oxygens (including phenoxy) is 2. The molecule has 4 aliphatic rings. The molecule has 4 atom stereocenters. The van der Waals surface area contributed by atoms with Crippen LogP contribution in [0.2, 0.25) is 0 Å². The van der Waals surface area contributed by atoms with E-state index in [1.165, 1.54) is 32.8 Å². The minimum absolute atomic E-state index is 0.00718. The number of aliphatic hydroxyl groups is 1. The van der Waals surface area contributed by atoms with Crippen LogP contribution >= 0.6 is 0 Å². The molecule has 2 aliphatic heterocycles. The lowest BCUT2D eigenvalue weighted by Crippen LogP contribution is -2.73. The van der Waals surface area contributed by atoms with Crippen LogP contribution < -0.4 is 14.8 Å². The number of piperidine rings is 1. The number of rotatable bonds is 1. The number of nitrogens with one attached hydrogen (secondary N) is 2. The first-order valence-corrected chi connectivity index (χ1v) is 11.5. The highest BCUT2D eigenvalue weighted by molar-refractivity contribution is 6.07. The van der Waals surface area contributed by atoms with Gasteiger partial charge < -0.3 is 24.9 Å². The SMILES string of the molecule is COc1ccc2c3c1OC1c4[nH]c5c(ccc6ccccc65)c4CC4(O)[C@@H](C2)NCC[C@]314. The number of aromatic amines is 1. The van der Waals surface area contributed by atoms with Crippen LogP contribution in [0.25, 0.3) is 21.7 Å². The molecule has 1 saturated heterocycles. The van der Waals surface area contributed by atoms with Crippen molar-refractivity contribution in [2.24, 2.45) is 0 Å². The molecule has 5 nitrogen and oxygen atoms in total. The average molecular weight is 425 g/mol. The number of aromatic nitrogens is 1. The largest absolute Gasteiger partial charge is 0.493 e. The van der Waals surface area contributed by atoms with Crippen molar-refractivity contribution >= 4 is 21.7 Å². The van der Waals surface area contributed by atoms with E-state index in [4.69, 9.17) is 9.47 Å². The van der Waals surface area contributed by atoms with Crippen molar-refractivity contribution in [2.75, 3.05) is 13.7 Å². The highest BCUT2D eigenvalue weighted by atomic mass is 16.5. The van der Waals surface area contributed by atoms with E-state index in [0.717, 1.165) is 42.1 Å². The van der Waals surface area contributed by atoms with Gasteiger partial charge in [0.15, 0.2) is 17.6 Å². The van der Waals surface area contributed by atoms with Gasteiger partial charge >= 0.3 is 0 Å². The zero-order valence-corrected chi connectivity index (χ0v) is 17.9. The standard InChI is InChI=1S/C27H24N2O3/c1-31-19-9-7-15-12-20-27(30)13-18-17-8-6-14-4-2-3-5-16(14)22(17)29-23(18)25-26(27,10-11-28-20)21(15)24(19)32-25/h2-9,20,25,28-30H,10-13H2,1H3/t20-,25?,26+,27?/m1/s1. The monoisotopic (exact) mass is 424 g/mol. The summed E-state index contributed by atoms with van der Waals surface area (Å²) in [5, 5.41) is 19.8. The van der Waals surface area contributed by atoms with Crippen LogP contribution in [0.4, 0.5) is 0 Å². The minimum Gasteiger partial charge on any atom is -0.493 e. The molecule has 2 bridgehead atoms. The smallest absolute Gasteiger partial charge is 0.166 e. The third kappa shape index (κ3) is 1.72. The van der Waals surface area contributed by atoms with E-state index < -0.39 is 11.0 Å². The molecule has 4 aromatic rings. The Morgan fingerprint density at radius 2 is 2.00 bits per heavy atom. The molecular formula is C27H24N2O3. The Kier molecular flexibility index (Phi) is 3.00. The van der Waals surface area contributed by atoms with Gasteiger partial charge in [-0.05, 0) is 42.0 Å². The Morgan fingerprint density at radius 3 is 2.91 bits per heavy atom. The Bertz CT molecular complexity index is 1470. The molecule has 3 heterocycles. The number of hydrogen-bond donors (Lipinski definition) is 3. The molecule has 2 unspecified atom stereocenters. The van der Waals surface area contributed by atoms with Gasteiger partial charge in [-0.1, -0.05) is 42.5 Å². The summed E-state index contributed by atoms with van der Waals surface area (Å²) in [6.45, 7) is 0.876. The Balaban J connectivity index is 1.49. The highest BCUT2D eigenvalue weighted by Crippen LogP contribution is 2.68. The van der Waals surface area contributed by atoms with Crippen molar-refractivity contribution < 1.29 is 14.6 Å². The fourth-order valence-corrected chi connectivity index (χ4v) is 7.47. The van der Waals surface area contributed by atoms with Crippen LogP contribution in [-0.4, -0.2) is 35.4 Å². The first-order valence-electron chi connectivity index (χ1n) is 11.5. The maximum atomic E-state index is 12.5. The van der Waals surface area contributed by atoms with Gasteiger partial charge in [-0.25, -0.2) is 0 Å². The summed E-state index contributed by atoms with van der Waals surface area (Å²) >= 11 is 0. The van der Waals surface area contributed by atoms with E-state index in [0.29, 0.717) is 6.42 Å². The lowest BCUT2D eigenvalue weighted by Gasteiger charge is -2.59. The molecular weight excluding hydrogens is 400 g/mol. The van der Waals surface area contributed by atoms with Crippen LogP contribution in [-0.2, 0) is 18.3 Å². The van der Waals surface area contributed by atoms with Gasteiger partial charge in [0.1, 0.15) is 0 Å². The zero-order valence-electron chi connectivity index (χ0n) is 17.9. The second-order valence-electron chi connectivity index (χ2n) is 9.89. The van der Waals surface area contributed by atoms with Crippen LogP contribution in [0, 0.1) is 0 Å². The summed E-state index contributed by atoms with van der Waals surface area (Å²) in [5.74, 6) is 1.58. The van der Waals surface area contributed by atoms with Gasteiger partial charge in [-0.3, -0.25) is 0 Å². The zero-order chi connectivity index (χ0) is 21.2. The third-order valence-electron chi connectivity index (χ3n) is 8.79. The van der Waals surface area contributed by atoms with Crippen molar-refractivity contribution in [1.29, 1.82) is 0 Å². The Labute approximate surface area is 185 Å². The van der Waals surface area contributed by atoms with E-state index in [1.807, 2.05) is 6.07 Å². The van der Waals surface area contributed by atoms with Gasteiger partial charge in [0, 0.05) is 28.8 Å². The number of H-pyrrole nitrogens is 1. The lowest BCUT2D eigenvalue weighted by atomic mass is 9.49. The third-order valence-corrected chi connectivity index (χ3v) is 8.79. The molecule has 1 fully saturated rings. The molecule has 0 saturated carbocycles. The lowest BCUT2D eigenvalue weighted by molar-refractivity contribution is -0.134. The number of methoxy groups -OCH3 is 1. The van der Waals surface area contributed by atoms with Crippen LogP contribution in [0.15, 0.2) is 48.5 Å². The molecule has 3 N–H and O–H groups in total. The van der Waals surface area contributed by atoms with Gasteiger partial charge in [-0.2, -0.15) is 0 Å². The molecule has 0 amide bonds. The minimum atomic E-state index is -0.908. The number of benzene rings is 3. The summed E-state index contributed by atoms with van der Waals surface area (Å²) in [7, 11) is 1.70. The molecule has 5 heteroatoms. The topological polar surface area (TPSA) is 66.5 Å². The molecule has 160 valence electrons. The molecule has 1 spiro atoms. The van der Waals surface area contributed by atoms with E-state index >= 15 is 0 Å². The van der Waals surface area contributed by atoms with Crippen molar-refractivity contribution in [1.82, 2.24) is 10.3 Å². The van der Waals surface area contributed by atoms with Gasteiger partial charge in [0.2, 0.25) is 0 Å². The molecule has 8 rings (SSSR count). The van der Waals surface area contributed by atoms with E-state index in [2.05, 4.69) is 52.8 Å². The fourth-order valence-electron chi connectivity index (χ4n) is 7.47. The molecule has 1 aromatic heterocycles. The Hall–Kier alpha value is -3.02. The number of fused-ring (bicyclic) bond motifs is 6. The van der Waals surface area contributed by atoms with Crippen molar-refractivity contribution in [3.8, 4) is 11.5 Å². The van der Waals surface area contributed by atoms with E-state index in [9.17, 15) is 5.11 Å². The van der Waals surface area contributed by atoms with Crippen molar-refractivity contribution in [2.45, 2.75) is 42.4 Å². The molecule has 0 radical (unpaired) electrons. The summed E-state index contributed by atoms with van der Waals surface area (Å²) in [5.41, 5.74) is 4.52. The summed E-state index contributed by atoms with van der Waals surface area (Å²) in [6, 6.07) is 17.1. The van der Waals surface area contributed by atoms with Gasteiger partial charge in [0.05, 0.1) is 29.3 Å². The average Bonchev–Trinajstić information content (AvgIpc) is 3.34. The second kappa shape index (κ2) is 5.48. The predicted octanol–water partition coefficient (Wildman–Crippen LogP) is 3.91. The fraction of sp³-hybridized carbons (Fsp3) is 0.333. The van der Waals surface area contributed by atoms with Crippen LogP contribution in [0.3, 0.4) is 0 Å². The maximum absolute atomic E-state index is 12.5. The summed E-state index contributed by atoms with van der Waals surface area (Å²) in [4.78, 5) is 3.78. The summed E-state index contributed by atoms with van der Waals surface area (Å²) in [6.07, 6.45) is 2.01. The first kappa shape index (κ1) is 17.5. The van der Waals surface area contributed by atoms with Crippen LogP contribution in [0.5, 0.6) is 11.5 Å². The van der Waals surface area contributed by atoms with Crippen molar-refractivity contribution in [3.63, 3.8) is 0 Å². The van der Waals surface area contributed by atoms with E-state index in [-0.39, 0.29) is 12.1 Å². The normalized spacial score (nSPS) is 31.3. The molecule has 3 aromatic carbocycles. The maximum Gasteiger partial charge on any atom is 0.166 e.